The van der Waals surface area contributed by atoms with Crippen LogP contribution in [0.1, 0.15) is 25.7 Å². The van der Waals surface area contributed by atoms with Crippen molar-refractivity contribution < 1.29 is 18.3 Å². The molecule has 2 aliphatic rings. The number of sulfone groups is 1. The first kappa shape index (κ1) is 15.7. The van der Waals surface area contributed by atoms with Crippen molar-refractivity contribution in [2.75, 3.05) is 32.1 Å². The Bertz CT molecular complexity index is 471. The zero-order valence-electron chi connectivity index (χ0n) is 12.1. The van der Waals surface area contributed by atoms with E-state index in [4.69, 9.17) is 0 Å². The van der Waals surface area contributed by atoms with Gasteiger partial charge in [-0.3, -0.25) is 10.1 Å². The smallest absolute Gasteiger partial charge is 0.325 e. The van der Waals surface area contributed by atoms with Gasteiger partial charge in [-0.25, -0.2) is 8.42 Å². The number of carbonyl (C=O) groups is 1. The predicted octanol–water partition coefficient (Wildman–Crippen LogP) is -0.0518. The first-order valence-electron chi connectivity index (χ1n) is 7.10. The number of hydrogen-bond donors (Lipinski definition) is 2. The summed E-state index contributed by atoms with van der Waals surface area (Å²) in [6.45, 7) is 0.728. The van der Waals surface area contributed by atoms with Crippen molar-refractivity contribution in [2.24, 2.45) is 5.92 Å². The van der Waals surface area contributed by atoms with Crippen LogP contribution < -0.4 is 5.32 Å². The first-order valence-corrected chi connectivity index (χ1v) is 9.16. The molecule has 0 aliphatic heterocycles. The maximum absolute atomic E-state index is 11.8. The van der Waals surface area contributed by atoms with Gasteiger partial charge in [-0.2, -0.15) is 0 Å². The normalized spacial score (nSPS) is 22.8. The number of likely N-dealkylation sites (N-methyl/N-ethyl adjacent to an activating group) is 1. The number of carboxylic acids is 1. The van der Waals surface area contributed by atoms with Gasteiger partial charge in [0.2, 0.25) is 0 Å². The van der Waals surface area contributed by atoms with Crippen molar-refractivity contribution in [1.29, 1.82) is 0 Å². The van der Waals surface area contributed by atoms with Crippen molar-refractivity contribution in [3.8, 4) is 0 Å². The van der Waals surface area contributed by atoms with E-state index in [1.54, 1.807) is 7.05 Å². The van der Waals surface area contributed by atoms with Crippen LogP contribution in [0.4, 0.5) is 0 Å². The molecule has 6 nitrogen and oxygen atoms in total. The van der Waals surface area contributed by atoms with E-state index in [1.807, 2.05) is 4.90 Å². The molecule has 0 bridgehead atoms. The summed E-state index contributed by atoms with van der Waals surface area (Å²) in [5.74, 6) is -0.577. The van der Waals surface area contributed by atoms with Crippen LogP contribution in [0.3, 0.4) is 0 Å². The first-order chi connectivity index (χ1) is 9.23. The van der Waals surface area contributed by atoms with E-state index >= 15 is 0 Å². The van der Waals surface area contributed by atoms with Crippen LogP contribution in [0.5, 0.6) is 0 Å². The summed E-state index contributed by atoms with van der Waals surface area (Å²) in [6.07, 6.45) is 5.15. The lowest BCUT2D eigenvalue weighted by Crippen LogP contribution is -2.61. The van der Waals surface area contributed by atoms with E-state index in [9.17, 15) is 18.3 Å². The van der Waals surface area contributed by atoms with Crippen LogP contribution in [0.15, 0.2) is 0 Å². The third kappa shape index (κ3) is 4.17. The number of aliphatic carboxylic acids is 1. The summed E-state index contributed by atoms with van der Waals surface area (Å²) in [4.78, 5) is 13.6. The van der Waals surface area contributed by atoms with E-state index in [2.05, 4.69) is 5.32 Å². The van der Waals surface area contributed by atoms with Gasteiger partial charge in [0.15, 0.2) is 0 Å². The summed E-state index contributed by atoms with van der Waals surface area (Å²) in [5.41, 5.74) is -0.909. The Morgan fingerprint density at radius 3 is 2.35 bits per heavy atom. The molecule has 2 aliphatic carbocycles. The van der Waals surface area contributed by atoms with Crippen LogP contribution in [-0.2, 0) is 14.6 Å². The summed E-state index contributed by atoms with van der Waals surface area (Å²) in [6, 6.07) is 0.315. The van der Waals surface area contributed by atoms with Crippen molar-refractivity contribution in [2.45, 2.75) is 37.3 Å². The lowest BCUT2D eigenvalue weighted by atomic mass is 9.92. The van der Waals surface area contributed by atoms with Gasteiger partial charge < -0.3 is 10.0 Å². The molecule has 2 fully saturated rings. The predicted molar refractivity (Wildman–Crippen MR) is 76.5 cm³/mol. The standard InChI is InChI=1S/C13H24N2O4S/c1-15(7-8-20(2,18)19)9-13(12(16)17,10-3-4-10)14-11-5-6-11/h10-11,14H,3-9H2,1-2H3,(H,16,17). The molecule has 2 rings (SSSR count). The van der Waals surface area contributed by atoms with Crippen LogP contribution in [0.25, 0.3) is 0 Å². The molecular weight excluding hydrogens is 280 g/mol. The van der Waals surface area contributed by atoms with Gasteiger partial charge in [0.1, 0.15) is 15.4 Å². The topological polar surface area (TPSA) is 86.7 Å². The minimum absolute atomic E-state index is 0.0628. The number of nitrogens with one attached hydrogen (secondary N) is 1. The number of carboxylic acid groups (broad SMARTS) is 1. The molecule has 2 N–H and O–H groups in total. The molecular formula is C13H24N2O4S. The van der Waals surface area contributed by atoms with E-state index in [0.717, 1.165) is 25.7 Å². The van der Waals surface area contributed by atoms with E-state index in [1.165, 1.54) is 6.26 Å². The van der Waals surface area contributed by atoms with Gasteiger partial charge in [-0.15, -0.1) is 0 Å². The Morgan fingerprint density at radius 1 is 1.35 bits per heavy atom. The van der Waals surface area contributed by atoms with Crippen LogP contribution in [0, 0.1) is 5.92 Å². The monoisotopic (exact) mass is 304 g/mol. The largest absolute Gasteiger partial charge is 0.480 e. The lowest BCUT2D eigenvalue weighted by Gasteiger charge is -2.35. The molecule has 0 aromatic carbocycles. The average Bonchev–Trinajstić information content (AvgIpc) is 3.16. The molecule has 0 aromatic heterocycles. The second-order valence-electron chi connectivity index (χ2n) is 6.34. The van der Waals surface area contributed by atoms with E-state index in [-0.39, 0.29) is 11.7 Å². The SMILES string of the molecule is CN(CCS(C)(=O)=O)CC(NC1CC1)(C(=O)O)C1CC1. The molecule has 1 atom stereocenters. The van der Waals surface area contributed by atoms with Gasteiger partial charge in [0, 0.05) is 25.4 Å². The Hall–Kier alpha value is -0.660. The third-order valence-electron chi connectivity index (χ3n) is 4.06. The molecule has 0 aromatic rings. The second kappa shape index (κ2) is 5.61. The fraction of sp³-hybridized carbons (Fsp3) is 0.923. The minimum Gasteiger partial charge on any atom is -0.480 e. The number of nitrogens with zero attached hydrogens (tertiary/aromatic N) is 1. The van der Waals surface area contributed by atoms with Crippen molar-refractivity contribution >= 4 is 15.8 Å². The Kier molecular flexibility index (Phi) is 4.41. The van der Waals surface area contributed by atoms with Crippen LogP contribution in [0.2, 0.25) is 0 Å². The van der Waals surface area contributed by atoms with Crippen LogP contribution >= 0.6 is 0 Å². The molecule has 0 heterocycles. The summed E-state index contributed by atoms with van der Waals surface area (Å²) in [5, 5.41) is 13.0. The van der Waals surface area contributed by atoms with Crippen LogP contribution in [-0.4, -0.2) is 68.1 Å². The highest BCUT2D eigenvalue weighted by molar-refractivity contribution is 7.90. The second-order valence-corrected chi connectivity index (χ2v) is 8.60. The summed E-state index contributed by atoms with van der Waals surface area (Å²) < 4.78 is 22.4. The van der Waals surface area contributed by atoms with Crippen molar-refractivity contribution in [3.63, 3.8) is 0 Å². The fourth-order valence-electron chi connectivity index (χ4n) is 2.59. The van der Waals surface area contributed by atoms with E-state index < -0.39 is 21.3 Å². The van der Waals surface area contributed by atoms with Gasteiger partial charge in [0.25, 0.3) is 0 Å². The minimum atomic E-state index is -3.02. The summed E-state index contributed by atoms with van der Waals surface area (Å²) >= 11 is 0. The van der Waals surface area contributed by atoms with E-state index in [0.29, 0.717) is 19.1 Å². The van der Waals surface area contributed by atoms with Crippen molar-refractivity contribution in [1.82, 2.24) is 10.2 Å². The molecule has 0 amide bonds. The maximum atomic E-state index is 11.8. The molecule has 7 heteroatoms. The maximum Gasteiger partial charge on any atom is 0.325 e. The molecule has 20 heavy (non-hydrogen) atoms. The Labute approximate surface area is 120 Å². The highest BCUT2D eigenvalue weighted by atomic mass is 32.2. The molecule has 0 radical (unpaired) electrons. The molecule has 0 spiro atoms. The fourth-order valence-corrected chi connectivity index (χ4v) is 3.23. The quantitative estimate of drug-likeness (QED) is 0.621. The van der Waals surface area contributed by atoms with Gasteiger partial charge >= 0.3 is 5.97 Å². The molecule has 116 valence electrons. The third-order valence-corrected chi connectivity index (χ3v) is 4.98. The van der Waals surface area contributed by atoms with Gasteiger partial charge in [-0.05, 0) is 38.6 Å². The highest BCUT2D eigenvalue weighted by Crippen LogP contribution is 2.42. The number of hydrogen-bond acceptors (Lipinski definition) is 5. The zero-order chi connectivity index (χ0) is 15.0. The lowest BCUT2D eigenvalue weighted by molar-refractivity contribution is -0.147. The van der Waals surface area contributed by atoms with Gasteiger partial charge in [0.05, 0.1) is 5.75 Å². The van der Waals surface area contributed by atoms with Crippen molar-refractivity contribution in [3.05, 3.63) is 0 Å². The Morgan fingerprint density at radius 2 is 1.95 bits per heavy atom. The Balaban J connectivity index is 2.00. The van der Waals surface area contributed by atoms with Gasteiger partial charge in [-0.1, -0.05) is 0 Å². The molecule has 1 unspecified atom stereocenters. The number of rotatable bonds is 9. The highest BCUT2D eigenvalue weighted by Gasteiger charge is 2.53. The molecule has 2 saturated carbocycles. The average molecular weight is 304 g/mol. The molecule has 0 saturated heterocycles. The summed E-state index contributed by atoms with van der Waals surface area (Å²) in [7, 11) is -1.23. The zero-order valence-corrected chi connectivity index (χ0v) is 12.9.